The van der Waals surface area contributed by atoms with Crippen LogP contribution in [-0.4, -0.2) is 21.5 Å². The van der Waals surface area contributed by atoms with Crippen molar-refractivity contribution in [3.05, 3.63) is 107 Å². The summed E-state index contributed by atoms with van der Waals surface area (Å²) < 4.78 is 2.13. The summed E-state index contributed by atoms with van der Waals surface area (Å²) in [6, 6.07) is 25.8. The molecule has 6 heteroatoms. The number of anilines is 1. The Bertz CT molecular complexity index is 1470. The largest absolute Gasteiger partial charge is 0.342 e. The summed E-state index contributed by atoms with van der Waals surface area (Å²) >= 11 is 5.36. The fourth-order valence-electron chi connectivity index (χ4n) is 4.36. The molecule has 2 amide bonds. The monoisotopic (exact) mass is 479 g/mol. The second-order valence-corrected chi connectivity index (χ2v) is 9.31. The number of hydrogen-bond donors (Lipinski definition) is 1. The van der Waals surface area contributed by atoms with E-state index in [-0.39, 0.29) is 10.7 Å². The second kappa shape index (κ2) is 9.31. The Morgan fingerprint density at radius 3 is 2.31 bits per heavy atom. The fourth-order valence-corrected chi connectivity index (χ4v) is 4.64. The standard InChI is InChI=1S/C29H25N3O2S/c1-19(2)21-12-14-23(15-13-21)32-28(34)25(27(33)30-29(32)35)16-22-18-31(17-20-8-4-3-5-9-20)26-11-7-6-10-24(22)26/h3-16,18-19H,17H2,1-2H3,(H,30,33,35)/b25-16+. The van der Waals surface area contributed by atoms with Crippen LogP contribution in [0, 0.1) is 0 Å². The number of carbonyl (C=O) groups is 2. The van der Waals surface area contributed by atoms with Crippen molar-refractivity contribution >= 4 is 51.8 Å². The van der Waals surface area contributed by atoms with Crippen molar-refractivity contribution in [3.63, 3.8) is 0 Å². The minimum absolute atomic E-state index is 0.0501. The highest BCUT2D eigenvalue weighted by atomic mass is 32.1. The predicted molar refractivity (Wildman–Crippen MR) is 144 cm³/mol. The number of nitrogens with zero attached hydrogens (tertiary/aromatic N) is 2. The quantitative estimate of drug-likeness (QED) is 0.229. The van der Waals surface area contributed by atoms with E-state index >= 15 is 0 Å². The average Bonchev–Trinajstić information content (AvgIpc) is 3.19. The fraction of sp³-hybridized carbons (Fsp3) is 0.138. The minimum Gasteiger partial charge on any atom is -0.342 e. The number of benzene rings is 3. The molecule has 35 heavy (non-hydrogen) atoms. The van der Waals surface area contributed by atoms with Gasteiger partial charge in [0.25, 0.3) is 11.8 Å². The molecule has 174 valence electrons. The first-order valence-corrected chi connectivity index (χ1v) is 12.0. The van der Waals surface area contributed by atoms with Crippen LogP contribution in [0.25, 0.3) is 17.0 Å². The first-order valence-electron chi connectivity index (χ1n) is 11.6. The lowest BCUT2D eigenvalue weighted by atomic mass is 10.0. The first-order chi connectivity index (χ1) is 16.9. The lowest BCUT2D eigenvalue weighted by molar-refractivity contribution is -0.122. The van der Waals surface area contributed by atoms with Gasteiger partial charge in [-0.3, -0.25) is 19.8 Å². The summed E-state index contributed by atoms with van der Waals surface area (Å²) in [5.41, 5.74) is 4.84. The van der Waals surface area contributed by atoms with Crippen molar-refractivity contribution in [1.29, 1.82) is 0 Å². The van der Waals surface area contributed by atoms with Gasteiger partial charge in [-0.25, -0.2) is 0 Å². The van der Waals surface area contributed by atoms with Gasteiger partial charge in [0.05, 0.1) is 5.69 Å². The van der Waals surface area contributed by atoms with Gasteiger partial charge >= 0.3 is 0 Å². The lowest BCUT2D eigenvalue weighted by Gasteiger charge is -2.29. The molecule has 0 aliphatic carbocycles. The number of nitrogens with one attached hydrogen (secondary N) is 1. The van der Waals surface area contributed by atoms with Gasteiger partial charge in [-0.1, -0.05) is 74.5 Å². The SMILES string of the molecule is CC(C)c1ccc(N2C(=O)/C(=C/c3cn(Cc4ccccc4)c4ccccc34)C(=O)NC2=S)cc1. The van der Waals surface area contributed by atoms with Crippen molar-refractivity contribution in [3.8, 4) is 0 Å². The van der Waals surface area contributed by atoms with Gasteiger partial charge in [-0.15, -0.1) is 0 Å². The Morgan fingerprint density at radius 1 is 0.914 bits per heavy atom. The molecule has 0 radical (unpaired) electrons. The summed E-state index contributed by atoms with van der Waals surface area (Å²) in [6.45, 7) is 4.91. The van der Waals surface area contributed by atoms with E-state index in [1.807, 2.05) is 72.9 Å². The molecule has 1 fully saturated rings. The van der Waals surface area contributed by atoms with E-state index in [0.717, 1.165) is 22.0 Å². The maximum atomic E-state index is 13.5. The molecule has 5 nitrogen and oxygen atoms in total. The van der Waals surface area contributed by atoms with Gasteiger partial charge < -0.3 is 4.57 Å². The zero-order valence-corrected chi connectivity index (χ0v) is 20.4. The van der Waals surface area contributed by atoms with E-state index in [9.17, 15) is 9.59 Å². The van der Waals surface area contributed by atoms with Crippen LogP contribution in [-0.2, 0) is 16.1 Å². The topological polar surface area (TPSA) is 54.3 Å². The van der Waals surface area contributed by atoms with Gasteiger partial charge in [0.2, 0.25) is 0 Å². The summed E-state index contributed by atoms with van der Waals surface area (Å²) in [5, 5.41) is 3.74. The molecule has 1 aliphatic rings. The third kappa shape index (κ3) is 4.40. The van der Waals surface area contributed by atoms with Gasteiger partial charge in [0.15, 0.2) is 5.11 Å². The second-order valence-electron chi connectivity index (χ2n) is 8.92. The Balaban J connectivity index is 1.54. The highest BCUT2D eigenvalue weighted by molar-refractivity contribution is 7.80. The maximum Gasteiger partial charge on any atom is 0.270 e. The molecule has 3 aromatic carbocycles. The minimum atomic E-state index is -0.491. The van der Waals surface area contributed by atoms with Crippen molar-refractivity contribution < 1.29 is 9.59 Å². The molecule has 1 aliphatic heterocycles. The molecule has 0 bridgehead atoms. The lowest BCUT2D eigenvalue weighted by Crippen LogP contribution is -2.54. The van der Waals surface area contributed by atoms with E-state index in [2.05, 4.69) is 35.9 Å². The molecule has 1 saturated heterocycles. The highest BCUT2D eigenvalue weighted by Crippen LogP contribution is 2.28. The summed E-state index contributed by atoms with van der Waals surface area (Å²) in [6.07, 6.45) is 3.65. The van der Waals surface area contributed by atoms with Gasteiger partial charge in [-0.05, 0) is 53.5 Å². The number of hydrogen-bond acceptors (Lipinski definition) is 3. The Labute approximate surface area is 209 Å². The molecular weight excluding hydrogens is 454 g/mol. The zero-order valence-electron chi connectivity index (χ0n) is 19.6. The van der Waals surface area contributed by atoms with Gasteiger partial charge in [0, 0.05) is 29.2 Å². The molecule has 4 aromatic rings. The average molecular weight is 480 g/mol. The van der Waals surface area contributed by atoms with Crippen LogP contribution in [0.1, 0.15) is 36.5 Å². The van der Waals surface area contributed by atoms with Crippen molar-refractivity contribution in [2.45, 2.75) is 26.3 Å². The predicted octanol–water partition coefficient (Wildman–Crippen LogP) is 5.64. The molecule has 5 rings (SSSR count). The van der Waals surface area contributed by atoms with Crippen LogP contribution < -0.4 is 10.2 Å². The Kier molecular flexibility index (Phi) is 6.05. The molecule has 1 N–H and O–H groups in total. The van der Waals surface area contributed by atoms with Crippen LogP contribution in [0.4, 0.5) is 5.69 Å². The normalized spacial score (nSPS) is 15.3. The number of para-hydroxylation sites is 1. The maximum absolute atomic E-state index is 13.5. The van der Waals surface area contributed by atoms with Crippen molar-refractivity contribution in [2.75, 3.05) is 4.90 Å². The van der Waals surface area contributed by atoms with Crippen LogP contribution in [0.5, 0.6) is 0 Å². The molecule has 0 atom stereocenters. The van der Waals surface area contributed by atoms with Crippen molar-refractivity contribution in [2.24, 2.45) is 0 Å². The summed E-state index contributed by atoms with van der Waals surface area (Å²) in [4.78, 5) is 27.7. The number of aromatic nitrogens is 1. The van der Waals surface area contributed by atoms with Gasteiger partial charge in [-0.2, -0.15) is 0 Å². The van der Waals surface area contributed by atoms with E-state index in [0.29, 0.717) is 18.2 Å². The number of carbonyl (C=O) groups excluding carboxylic acids is 2. The van der Waals surface area contributed by atoms with Gasteiger partial charge in [0.1, 0.15) is 5.57 Å². The molecule has 0 saturated carbocycles. The smallest absolute Gasteiger partial charge is 0.270 e. The van der Waals surface area contributed by atoms with Crippen LogP contribution in [0.2, 0.25) is 0 Å². The molecule has 1 aromatic heterocycles. The van der Waals surface area contributed by atoms with Crippen molar-refractivity contribution in [1.82, 2.24) is 9.88 Å². The molecular formula is C29H25N3O2S. The number of thiocarbonyl (C=S) groups is 1. The van der Waals surface area contributed by atoms with Crippen LogP contribution in [0.3, 0.4) is 0 Å². The Hall–Kier alpha value is -4.03. The summed E-state index contributed by atoms with van der Waals surface area (Å²) in [7, 11) is 0. The molecule has 0 spiro atoms. The van der Waals surface area contributed by atoms with E-state index in [1.165, 1.54) is 10.5 Å². The summed E-state index contributed by atoms with van der Waals surface area (Å²) in [5.74, 6) is -0.553. The third-order valence-electron chi connectivity index (χ3n) is 6.23. The number of amides is 2. The third-order valence-corrected chi connectivity index (χ3v) is 6.52. The first kappa shape index (κ1) is 22.7. The van der Waals surface area contributed by atoms with E-state index in [4.69, 9.17) is 12.2 Å². The number of rotatable bonds is 5. The Morgan fingerprint density at radius 2 is 1.60 bits per heavy atom. The molecule has 2 heterocycles. The van der Waals surface area contributed by atoms with Crippen LogP contribution >= 0.6 is 12.2 Å². The van der Waals surface area contributed by atoms with E-state index < -0.39 is 11.8 Å². The van der Waals surface area contributed by atoms with Crippen LogP contribution in [0.15, 0.2) is 90.6 Å². The zero-order chi connectivity index (χ0) is 24.5. The van der Waals surface area contributed by atoms with E-state index in [1.54, 1.807) is 6.08 Å². The molecule has 0 unspecified atom stereocenters. The highest BCUT2D eigenvalue weighted by Gasteiger charge is 2.34. The number of fused-ring (bicyclic) bond motifs is 1.